The number of benzene rings is 2. The first-order chi connectivity index (χ1) is 12.7. The van der Waals surface area contributed by atoms with Gasteiger partial charge < -0.3 is 8.60 Å². The predicted molar refractivity (Wildman–Crippen MR) is 100 cm³/mol. The molecule has 6 nitrogen and oxygen atoms in total. The van der Waals surface area contributed by atoms with Crippen LogP contribution in [0, 0.1) is 0 Å². The van der Waals surface area contributed by atoms with Gasteiger partial charge in [0.1, 0.15) is 22.0 Å². The molecule has 1 heterocycles. The third-order valence-electron chi connectivity index (χ3n) is 4.65. The molecular weight excluding hydrogens is 388 g/mol. The SMILES string of the molecule is CS(=O)(=O)c1cccc(S(=O)(=O)Oc2ccc3oc4c(c3c2)CCCC4)c1. The molecule has 27 heavy (non-hydrogen) atoms. The van der Waals surface area contributed by atoms with E-state index in [1.165, 1.54) is 24.3 Å². The second-order valence-corrected chi connectivity index (χ2v) is 10.2. The molecule has 0 saturated carbocycles. The molecule has 0 spiro atoms. The Bertz CT molecular complexity index is 1240. The van der Waals surface area contributed by atoms with Crippen molar-refractivity contribution in [2.24, 2.45) is 0 Å². The van der Waals surface area contributed by atoms with Crippen molar-refractivity contribution >= 4 is 30.9 Å². The smallest absolute Gasteiger partial charge is 0.339 e. The molecule has 8 heteroatoms. The van der Waals surface area contributed by atoms with Crippen LogP contribution in [0.2, 0.25) is 0 Å². The van der Waals surface area contributed by atoms with Crippen LogP contribution in [0.4, 0.5) is 0 Å². The Morgan fingerprint density at radius 1 is 0.926 bits per heavy atom. The molecule has 0 saturated heterocycles. The number of fused-ring (bicyclic) bond motifs is 3. The van der Waals surface area contributed by atoms with Crippen LogP contribution in [0.1, 0.15) is 24.2 Å². The normalized spacial score (nSPS) is 14.9. The maximum Gasteiger partial charge on any atom is 0.339 e. The molecule has 0 atom stereocenters. The van der Waals surface area contributed by atoms with E-state index in [2.05, 4.69) is 0 Å². The van der Waals surface area contributed by atoms with E-state index in [4.69, 9.17) is 8.60 Å². The fraction of sp³-hybridized carbons (Fsp3) is 0.263. The molecule has 0 aliphatic heterocycles. The van der Waals surface area contributed by atoms with Gasteiger partial charge in [0.05, 0.1) is 4.90 Å². The lowest BCUT2D eigenvalue weighted by Gasteiger charge is -2.10. The first-order valence-electron chi connectivity index (χ1n) is 8.53. The summed E-state index contributed by atoms with van der Waals surface area (Å²) in [6.45, 7) is 0. The molecule has 2 aromatic carbocycles. The topological polar surface area (TPSA) is 90.7 Å². The zero-order chi connectivity index (χ0) is 19.2. The fourth-order valence-electron chi connectivity index (χ4n) is 3.33. The molecule has 0 bridgehead atoms. The molecule has 1 aliphatic carbocycles. The Morgan fingerprint density at radius 2 is 1.67 bits per heavy atom. The summed E-state index contributed by atoms with van der Waals surface area (Å²) < 4.78 is 59.7. The quantitative estimate of drug-likeness (QED) is 0.616. The van der Waals surface area contributed by atoms with Crippen molar-refractivity contribution in [3.8, 4) is 5.75 Å². The molecule has 1 aliphatic rings. The molecule has 0 unspecified atom stereocenters. The van der Waals surface area contributed by atoms with Gasteiger partial charge in [-0.15, -0.1) is 0 Å². The maximum absolute atomic E-state index is 12.6. The zero-order valence-electron chi connectivity index (χ0n) is 14.6. The lowest BCUT2D eigenvalue weighted by molar-refractivity contribution is 0.485. The summed E-state index contributed by atoms with van der Waals surface area (Å²) in [5, 5.41) is 0.863. The van der Waals surface area contributed by atoms with Crippen molar-refractivity contribution in [1.29, 1.82) is 0 Å². The van der Waals surface area contributed by atoms with E-state index in [1.807, 2.05) is 0 Å². The standard InChI is InChI=1S/C19H18O6S2/c1-26(20,21)14-5-4-6-15(12-14)27(22,23)25-13-9-10-19-17(11-13)16-7-2-3-8-18(16)24-19/h4-6,9-12H,2-3,7-8H2,1H3. The van der Waals surface area contributed by atoms with E-state index in [-0.39, 0.29) is 15.5 Å². The fourth-order valence-corrected chi connectivity index (χ4v) is 5.04. The van der Waals surface area contributed by atoms with Crippen molar-refractivity contribution < 1.29 is 25.4 Å². The summed E-state index contributed by atoms with van der Waals surface area (Å²) in [6, 6.07) is 10.0. The van der Waals surface area contributed by atoms with E-state index in [9.17, 15) is 16.8 Å². The zero-order valence-corrected chi connectivity index (χ0v) is 16.3. The number of furan rings is 1. The average molecular weight is 406 g/mol. The summed E-state index contributed by atoms with van der Waals surface area (Å²) in [7, 11) is -7.69. The molecule has 3 aromatic rings. The lowest BCUT2D eigenvalue weighted by Crippen LogP contribution is -2.10. The Morgan fingerprint density at radius 3 is 2.44 bits per heavy atom. The van der Waals surface area contributed by atoms with Crippen molar-refractivity contribution in [2.75, 3.05) is 6.26 Å². The van der Waals surface area contributed by atoms with E-state index in [0.29, 0.717) is 5.58 Å². The van der Waals surface area contributed by atoms with Crippen LogP contribution in [0.15, 0.2) is 56.7 Å². The number of sulfone groups is 1. The largest absolute Gasteiger partial charge is 0.461 e. The first kappa shape index (κ1) is 18.1. The second kappa shape index (κ2) is 6.38. The molecular formula is C19H18O6S2. The van der Waals surface area contributed by atoms with Crippen LogP contribution in [0.3, 0.4) is 0 Å². The monoisotopic (exact) mass is 406 g/mol. The summed E-state index contributed by atoms with van der Waals surface area (Å²) in [5.74, 6) is 1.12. The van der Waals surface area contributed by atoms with E-state index in [0.717, 1.165) is 54.7 Å². The van der Waals surface area contributed by atoms with Gasteiger partial charge in [-0.05, 0) is 55.7 Å². The van der Waals surface area contributed by atoms with Crippen LogP contribution in [0.5, 0.6) is 5.75 Å². The number of rotatable bonds is 4. The summed E-state index contributed by atoms with van der Waals surface area (Å²) >= 11 is 0. The molecule has 1 aromatic heterocycles. The van der Waals surface area contributed by atoms with Crippen LogP contribution in [-0.4, -0.2) is 23.1 Å². The third-order valence-corrected chi connectivity index (χ3v) is 7.01. The van der Waals surface area contributed by atoms with Gasteiger partial charge in [-0.3, -0.25) is 0 Å². The van der Waals surface area contributed by atoms with Gasteiger partial charge in [-0.2, -0.15) is 8.42 Å². The highest BCUT2D eigenvalue weighted by Gasteiger charge is 2.22. The van der Waals surface area contributed by atoms with Gasteiger partial charge >= 0.3 is 10.1 Å². The van der Waals surface area contributed by atoms with Crippen LogP contribution < -0.4 is 4.18 Å². The summed E-state index contributed by atoms with van der Waals surface area (Å²) in [5.41, 5.74) is 1.82. The van der Waals surface area contributed by atoms with Gasteiger partial charge in [-0.1, -0.05) is 6.07 Å². The van der Waals surface area contributed by atoms with Crippen molar-refractivity contribution in [3.05, 3.63) is 53.8 Å². The molecule has 0 N–H and O–H groups in total. The van der Waals surface area contributed by atoms with E-state index < -0.39 is 20.0 Å². The molecule has 4 rings (SSSR count). The van der Waals surface area contributed by atoms with Crippen LogP contribution >= 0.6 is 0 Å². The second-order valence-electron chi connectivity index (χ2n) is 6.65. The Kier molecular flexibility index (Phi) is 4.27. The maximum atomic E-state index is 12.6. The van der Waals surface area contributed by atoms with Gasteiger partial charge in [0.15, 0.2) is 9.84 Å². The molecule has 142 valence electrons. The number of hydrogen-bond acceptors (Lipinski definition) is 6. The minimum atomic E-state index is -4.16. The minimum absolute atomic E-state index is 0.0773. The number of aryl methyl sites for hydroxylation is 2. The van der Waals surface area contributed by atoms with Crippen LogP contribution in [0.25, 0.3) is 11.0 Å². The first-order valence-corrected chi connectivity index (χ1v) is 11.8. The van der Waals surface area contributed by atoms with Gasteiger partial charge in [0, 0.05) is 23.6 Å². The highest BCUT2D eigenvalue weighted by atomic mass is 32.2. The third kappa shape index (κ3) is 3.46. The molecule has 0 radical (unpaired) electrons. The highest BCUT2D eigenvalue weighted by Crippen LogP contribution is 2.34. The number of hydrogen-bond donors (Lipinski definition) is 0. The summed E-state index contributed by atoms with van der Waals surface area (Å²) in [4.78, 5) is -0.286. The van der Waals surface area contributed by atoms with Crippen LogP contribution in [-0.2, 0) is 32.8 Å². The Labute approximate surface area is 157 Å². The van der Waals surface area contributed by atoms with Gasteiger partial charge in [-0.25, -0.2) is 8.42 Å². The molecule has 0 fully saturated rings. The Hall–Kier alpha value is -2.32. The van der Waals surface area contributed by atoms with Gasteiger partial charge in [0.2, 0.25) is 0 Å². The minimum Gasteiger partial charge on any atom is -0.461 e. The van der Waals surface area contributed by atoms with Gasteiger partial charge in [0.25, 0.3) is 0 Å². The Balaban J connectivity index is 1.71. The highest BCUT2D eigenvalue weighted by molar-refractivity contribution is 7.90. The lowest BCUT2D eigenvalue weighted by atomic mass is 9.96. The van der Waals surface area contributed by atoms with Crippen molar-refractivity contribution in [1.82, 2.24) is 0 Å². The van der Waals surface area contributed by atoms with Crippen molar-refractivity contribution in [2.45, 2.75) is 35.5 Å². The summed E-state index contributed by atoms with van der Waals surface area (Å²) in [6.07, 6.45) is 4.96. The van der Waals surface area contributed by atoms with E-state index >= 15 is 0 Å². The average Bonchev–Trinajstić information content (AvgIpc) is 2.99. The van der Waals surface area contributed by atoms with E-state index in [1.54, 1.807) is 12.1 Å². The van der Waals surface area contributed by atoms with Crippen molar-refractivity contribution in [3.63, 3.8) is 0 Å². The predicted octanol–water partition coefficient (Wildman–Crippen LogP) is 3.48. The molecule has 0 amide bonds.